The maximum absolute atomic E-state index is 9.13. The average Bonchev–Trinajstić information content (AvgIpc) is 2.86. The normalized spacial score (nSPS) is 24.4. The van der Waals surface area contributed by atoms with Gasteiger partial charge in [-0.3, -0.25) is 0 Å². The van der Waals surface area contributed by atoms with Crippen LogP contribution in [0.25, 0.3) is 0 Å². The molecule has 1 aromatic heterocycles. The van der Waals surface area contributed by atoms with Crippen LogP contribution in [-0.2, 0) is 11.3 Å². The van der Waals surface area contributed by atoms with Gasteiger partial charge in [0.05, 0.1) is 12.3 Å². The van der Waals surface area contributed by atoms with Crippen molar-refractivity contribution in [3.05, 3.63) is 15.6 Å². The zero-order valence-corrected chi connectivity index (χ0v) is 11.3. The summed E-state index contributed by atoms with van der Waals surface area (Å²) in [6.45, 7) is 6.57. The van der Waals surface area contributed by atoms with Gasteiger partial charge < -0.3 is 15.2 Å². The van der Waals surface area contributed by atoms with E-state index in [1.54, 1.807) is 11.3 Å². The smallest absolute Gasteiger partial charge is 0.107 e. The van der Waals surface area contributed by atoms with Crippen LogP contribution < -0.4 is 5.32 Å². The molecule has 1 fully saturated rings. The standard InChI is InChI=1S/C12H20N2O2S/c1-9-10(2)17-11(14-9)7-13-12(3-5-15)4-6-16-8-12/h13,15H,3-8H2,1-2H3. The van der Waals surface area contributed by atoms with Crippen molar-refractivity contribution in [3.8, 4) is 0 Å². The highest BCUT2D eigenvalue weighted by Crippen LogP contribution is 2.24. The molecule has 1 atom stereocenters. The molecule has 1 aliphatic rings. The SMILES string of the molecule is Cc1nc(CNC2(CCO)CCOC2)sc1C. The van der Waals surface area contributed by atoms with E-state index in [0.717, 1.165) is 36.7 Å². The Morgan fingerprint density at radius 3 is 2.88 bits per heavy atom. The summed E-state index contributed by atoms with van der Waals surface area (Å²) in [6, 6.07) is 0. The fourth-order valence-corrected chi connectivity index (χ4v) is 3.00. The highest BCUT2D eigenvalue weighted by molar-refractivity contribution is 7.11. The van der Waals surface area contributed by atoms with Gasteiger partial charge in [0, 0.05) is 30.2 Å². The maximum atomic E-state index is 9.13. The first-order valence-electron chi connectivity index (χ1n) is 6.02. The van der Waals surface area contributed by atoms with Gasteiger partial charge in [-0.05, 0) is 26.7 Å². The number of hydrogen-bond acceptors (Lipinski definition) is 5. The Labute approximate surface area is 106 Å². The minimum Gasteiger partial charge on any atom is -0.396 e. The third-order valence-corrected chi connectivity index (χ3v) is 4.45. The van der Waals surface area contributed by atoms with Gasteiger partial charge in [0.25, 0.3) is 0 Å². The molecule has 5 heteroatoms. The van der Waals surface area contributed by atoms with Crippen LogP contribution in [0.4, 0.5) is 0 Å². The first-order valence-corrected chi connectivity index (χ1v) is 6.83. The van der Waals surface area contributed by atoms with Crippen LogP contribution in [0.5, 0.6) is 0 Å². The van der Waals surface area contributed by atoms with E-state index in [1.807, 2.05) is 6.92 Å². The minimum atomic E-state index is -0.0533. The second kappa shape index (κ2) is 5.44. The molecule has 2 rings (SSSR count). The molecule has 0 amide bonds. The Kier molecular flexibility index (Phi) is 4.14. The number of rotatable bonds is 5. The summed E-state index contributed by atoms with van der Waals surface area (Å²) in [6.07, 6.45) is 1.72. The maximum Gasteiger partial charge on any atom is 0.107 e. The van der Waals surface area contributed by atoms with Crippen molar-refractivity contribution < 1.29 is 9.84 Å². The highest BCUT2D eigenvalue weighted by atomic mass is 32.1. The molecule has 1 saturated heterocycles. The van der Waals surface area contributed by atoms with E-state index in [-0.39, 0.29) is 12.1 Å². The van der Waals surface area contributed by atoms with Gasteiger partial charge in [0.15, 0.2) is 0 Å². The van der Waals surface area contributed by atoms with Crippen LogP contribution in [0.3, 0.4) is 0 Å². The topological polar surface area (TPSA) is 54.4 Å². The van der Waals surface area contributed by atoms with Crippen molar-refractivity contribution >= 4 is 11.3 Å². The van der Waals surface area contributed by atoms with E-state index < -0.39 is 0 Å². The first-order chi connectivity index (χ1) is 8.15. The van der Waals surface area contributed by atoms with Gasteiger partial charge >= 0.3 is 0 Å². The monoisotopic (exact) mass is 256 g/mol. The number of aryl methyl sites for hydroxylation is 2. The van der Waals surface area contributed by atoms with Gasteiger partial charge in [0.2, 0.25) is 0 Å². The van der Waals surface area contributed by atoms with Crippen LogP contribution in [0.1, 0.15) is 28.4 Å². The molecule has 0 aliphatic carbocycles. The molecular weight excluding hydrogens is 236 g/mol. The number of aliphatic hydroxyl groups excluding tert-OH is 1. The Hall–Kier alpha value is -0.490. The lowest BCUT2D eigenvalue weighted by atomic mass is 9.95. The fourth-order valence-electron chi connectivity index (χ4n) is 2.12. The molecule has 96 valence electrons. The third-order valence-electron chi connectivity index (χ3n) is 3.38. The molecule has 2 N–H and O–H groups in total. The number of aromatic nitrogens is 1. The van der Waals surface area contributed by atoms with Crippen molar-refractivity contribution in [2.24, 2.45) is 0 Å². The number of thiazole rings is 1. The minimum absolute atomic E-state index is 0.0533. The molecule has 4 nitrogen and oxygen atoms in total. The Balaban J connectivity index is 1.95. The van der Waals surface area contributed by atoms with Crippen LogP contribution in [0.15, 0.2) is 0 Å². The molecule has 2 heterocycles. The average molecular weight is 256 g/mol. The predicted octanol–water partition coefficient (Wildman–Crippen LogP) is 1.39. The van der Waals surface area contributed by atoms with E-state index in [1.165, 1.54) is 4.88 Å². The fraction of sp³-hybridized carbons (Fsp3) is 0.750. The lowest BCUT2D eigenvalue weighted by Gasteiger charge is -2.27. The molecule has 0 radical (unpaired) electrons. The van der Waals surface area contributed by atoms with Crippen LogP contribution in [-0.4, -0.2) is 35.5 Å². The largest absolute Gasteiger partial charge is 0.396 e. The lowest BCUT2D eigenvalue weighted by molar-refractivity contribution is 0.146. The Morgan fingerprint density at radius 2 is 2.35 bits per heavy atom. The van der Waals surface area contributed by atoms with E-state index in [0.29, 0.717) is 6.61 Å². The Morgan fingerprint density at radius 1 is 1.53 bits per heavy atom. The van der Waals surface area contributed by atoms with Gasteiger partial charge in [-0.15, -0.1) is 11.3 Å². The summed E-state index contributed by atoms with van der Waals surface area (Å²) in [4.78, 5) is 5.79. The molecule has 1 unspecified atom stereocenters. The van der Waals surface area contributed by atoms with Crippen molar-refractivity contribution in [2.45, 2.75) is 38.8 Å². The van der Waals surface area contributed by atoms with Crippen molar-refractivity contribution in [1.29, 1.82) is 0 Å². The molecule has 0 saturated carbocycles. The molecule has 0 bridgehead atoms. The number of nitrogens with one attached hydrogen (secondary N) is 1. The number of aliphatic hydroxyl groups is 1. The molecule has 1 aromatic rings. The zero-order chi connectivity index (χ0) is 12.3. The van der Waals surface area contributed by atoms with E-state index in [2.05, 4.69) is 17.2 Å². The summed E-state index contributed by atoms with van der Waals surface area (Å²) in [5.74, 6) is 0. The van der Waals surface area contributed by atoms with Gasteiger partial charge in [0.1, 0.15) is 5.01 Å². The first kappa shape index (κ1) is 13.0. The lowest BCUT2D eigenvalue weighted by Crippen LogP contribution is -2.46. The van der Waals surface area contributed by atoms with Crippen molar-refractivity contribution in [2.75, 3.05) is 19.8 Å². The summed E-state index contributed by atoms with van der Waals surface area (Å²) in [5, 5.41) is 13.8. The quantitative estimate of drug-likeness (QED) is 0.836. The van der Waals surface area contributed by atoms with Crippen LogP contribution in [0.2, 0.25) is 0 Å². The van der Waals surface area contributed by atoms with Crippen molar-refractivity contribution in [1.82, 2.24) is 10.3 Å². The van der Waals surface area contributed by atoms with Crippen LogP contribution in [0, 0.1) is 13.8 Å². The number of nitrogens with zero attached hydrogens (tertiary/aromatic N) is 1. The second-order valence-electron chi connectivity index (χ2n) is 4.66. The number of hydrogen-bond donors (Lipinski definition) is 2. The van der Waals surface area contributed by atoms with E-state index in [9.17, 15) is 0 Å². The number of ether oxygens (including phenoxy) is 1. The molecule has 0 spiro atoms. The Bertz CT molecular complexity index is 353. The van der Waals surface area contributed by atoms with E-state index >= 15 is 0 Å². The molecule has 0 aromatic carbocycles. The van der Waals surface area contributed by atoms with Gasteiger partial charge in [-0.2, -0.15) is 0 Å². The zero-order valence-electron chi connectivity index (χ0n) is 10.5. The second-order valence-corrected chi connectivity index (χ2v) is 5.95. The summed E-state index contributed by atoms with van der Waals surface area (Å²) < 4.78 is 5.44. The molecular formula is C12H20N2O2S. The predicted molar refractivity (Wildman–Crippen MR) is 68.3 cm³/mol. The van der Waals surface area contributed by atoms with Crippen LogP contribution >= 0.6 is 11.3 Å². The summed E-state index contributed by atoms with van der Waals surface area (Å²) in [5.41, 5.74) is 1.06. The van der Waals surface area contributed by atoms with Gasteiger partial charge in [-0.25, -0.2) is 4.98 Å². The third kappa shape index (κ3) is 3.04. The van der Waals surface area contributed by atoms with Gasteiger partial charge in [-0.1, -0.05) is 0 Å². The van der Waals surface area contributed by atoms with E-state index in [4.69, 9.17) is 9.84 Å². The summed E-state index contributed by atoms with van der Waals surface area (Å²) in [7, 11) is 0. The molecule has 17 heavy (non-hydrogen) atoms. The van der Waals surface area contributed by atoms with Crippen molar-refractivity contribution in [3.63, 3.8) is 0 Å². The molecule has 1 aliphatic heterocycles. The summed E-state index contributed by atoms with van der Waals surface area (Å²) >= 11 is 1.74. The highest BCUT2D eigenvalue weighted by Gasteiger charge is 2.33.